The van der Waals surface area contributed by atoms with Gasteiger partial charge in [-0.1, -0.05) is 6.07 Å². The number of benzene rings is 1. The molecule has 1 aromatic carbocycles. The minimum absolute atomic E-state index is 0.0193. The minimum atomic E-state index is -4.26. The molecule has 1 amide bonds. The fraction of sp³-hybridized carbons (Fsp3) is 0.579. The van der Waals surface area contributed by atoms with E-state index in [9.17, 15) is 22.8 Å². The Morgan fingerprint density at radius 3 is 2.31 bits per heavy atom. The highest BCUT2D eigenvalue weighted by molar-refractivity contribution is 6.17. The normalized spacial score (nSPS) is 29.2. The SMILES string of the molecule is COc1cc(C)cc(C)c1C1C(=O)NC2(CCC(C(F)(F)F)CC2)C1=O. The molecule has 1 aromatic rings. The van der Waals surface area contributed by atoms with Gasteiger partial charge in [-0.25, -0.2) is 0 Å². The molecule has 7 heteroatoms. The van der Waals surface area contributed by atoms with Crippen LogP contribution in [0.3, 0.4) is 0 Å². The van der Waals surface area contributed by atoms with E-state index in [1.54, 1.807) is 13.0 Å². The monoisotopic (exact) mass is 369 g/mol. The van der Waals surface area contributed by atoms with Crippen LogP contribution >= 0.6 is 0 Å². The largest absolute Gasteiger partial charge is 0.496 e. The lowest BCUT2D eigenvalue weighted by Gasteiger charge is -2.36. The topological polar surface area (TPSA) is 55.4 Å². The van der Waals surface area contributed by atoms with E-state index in [4.69, 9.17) is 4.74 Å². The van der Waals surface area contributed by atoms with E-state index in [1.165, 1.54) is 7.11 Å². The Kier molecular flexibility index (Phi) is 4.53. The van der Waals surface area contributed by atoms with Crippen molar-refractivity contribution in [1.82, 2.24) is 5.32 Å². The summed E-state index contributed by atoms with van der Waals surface area (Å²) < 4.78 is 44.2. The summed E-state index contributed by atoms with van der Waals surface area (Å²) in [5.74, 6) is -2.78. The maximum absolute atomic E-state index is 13.1. The first kappa shape index (κ1) is 18.7. The number of alkyl halides is 3. The van der Waals surface area contributed by atoms with Gasteiger partial charge < -0.3 is 10.1 Å². The van der Waals surface area contributed by atoms with Gasteiger partial charge in [0.25, 0.3) is 0 Å². The number of carbonyl (C=O) groups is 2. The second-order valence-electron chi connectivity index (χ2n) is 7.38. The number of carbonyl (C=O) groups excluding carboxylic acids is 2. The molecule has 1 atom stereocenters. The molecule has 1 aliphatic heterocycles. The second kappa shape index (κ2) is 6.28. The standard InChI is InChI=1S/C19H22F3NO3/c1-10-8-11(2)14(13(9-10)26-3)15-16(24)18(23-17(15)25)6-4-12(5-7-18)19(20,21)22/h8-9,12,15H,4-7H2,1-3H3,(H,23,25). The fourth-order valence-corrected chi connectivity index (χ4v) is 4.32. The van der Waals surface area contributed by atoms with Crippen molar-refractivity contribution in [2.75, 3.05) is 7.11 Å². The smallest absolute Gasteiger partial charge is 0.391 e. The molecule has 4 nitrogen and oxygen atoms in total. The van der Waals surface area contributed by atoms with Gasteiger partial charge in [-0.3, -0.25) is 9.59 Å². The highest BCUT2D eigenvalue weighted by Gasteiger charge is 2.57. The molecule has 0 aromatic heterocycles. The number of hydrogen-bond acceptors (Lipinski definition) is 3. The summed E-state index contributed by atoms with van der Waals surface area (Å²) in [4.78, 5) is 25.8. The number of methoxy groups -OCH3 is 1. The van der Waals surface area contributed by atoms with E-state index >= 15 is 0 Å². The Hall–Kier alpha value is -2.05. The number of ether oxygens (including phenoxy) is 1. The molecule has 2 aliphatic rings. The van der Waals surface area contributed by atoms with Crippen LogP contribution in [0.1, 0.15) is 48.3 Å². The number of nitrogens with one attached hydrogen (secondary N) is 1. The van der Waals surface area contributed by atoms with Crippen molar-refractivity contribution in [3.05, 3.63) is 28.8 Å². The van der Waals surface area contributed by atoms with Crippen molar-refractivity contribution < 1.29 is 27.5 Å². The molecule has 1 N–H and O–H groups in total. The van der Waals surface area contributed by atoms with Crippen LogP contribution < -0.4 is 10.1 Å². The Bertz CT molecular complexity index is 749. The van der Waals surface area contributed by atoms with Crippen molar-refractivity contribution >= 4 is 11.7 Å². The zero-order chi connectivity index (χ0) is 19.3. The van der Waals surface area contributed by atoms with E-state index in [-0.39, 0.29) is 31.5 Å². The molecule has 1 saturated heterocycles. The maximum Gasteiger partial charge on any atom is 0.391 e. The molecular weight excluding hydrogens is 347 g/mol. The molecule has 1 heterocycles. The zero-order valence-corrected chi connectivity index (χ0v) is 15.0. The van der Waals surface area contributed by atoms with Crippen molar-refractivity contribution in [2.24, 2.45) is 5.92 Å². The predicted octanol–water partition coefficient (Wildman–Crippen LogP) is 3.59. The summed E-state index contributed by atoms with van der Waals surface area (Å²) in [5.41, 5.74) is 1.02. The van der Waals surface area contributed by atoms with E-state index in [0.717, 1.165) is 11.1 Å². The molecule has 1 unspecified atom stereocenters. The van der Waals surface area contributed by atoms with Crippen LogP contribution in [0.25, 0.3) is 0 Å². The Balaban J connectivity index is 1.92. The molecule has 142 valence electrons. The van der Waals surface area contributed by atoms with Gasteiger partial charge in [-0.15, -0.1) is 0 Å². The lowest BCUT2D eigenvalue weighted by Crippen LogP contribution is -2.50. The van der Waals surface area contributed by atoms with Crippen LogP contribution in [-0.4, -0.2) is 30.5 Å². The van der Waals surface area contributed by atoms with Crippen molar-refractivity contribution in [3.63, 3.8) is 0 Å². The van der Waals surface area contributed by atoms with Crippen LogP contribution in [0.15, 0.2) is 12.1 Å². The molecule has 1 spiro atoms. The Labute approximate surface area is 150 Å². The quantitative estimate of drug-likeness (QED) is 0.811. The average molecular weight is 369 g/mol. The first-order valence-corrected chi connectivity index (χ1v) is 8.67. The molecule has 1 aliphatic carbocycles. The van der Waals surface area contributed by atoms with Gasteiger partial charge in [-0.2, -0.15) is 13.2 Å². The Morgan fingerprint density at radius 1 is 1.15 bits per heavy atom. The van der Waals surface area contributed by atoms with E-state index < -0.39 is 29.5 Å². The van der Waals surface area contributed by atoms with Crippen LogP contribution in [0.4, 0.5) is 13.2 Å². The predicted molar refractivity (Wildman–Crippen MR) is 89.1 cm³/mol. The van der Waals surface area contributed by atoms with Gasteiger partial charge in [0, 0.05) is 5.56 Å². The number of Topliss-reactive ketones (excluding diaryl/α,β-unsaturated/α-hetero) is 1. The first-order chi connectivity index (χ1) is 12.1. The van der Waals surface area contributed by atoms with Gasteiger partial charge in [0.1, 0.15) is 11.7 Å². The van der Waals surface area contributed by atoms with Gasteiger partial charge in [0.2, 0.25) is 5.91 Å². The molecule has 3 rings (SSSR count). The molecule has 26 heavy (non-hydrogen) atoms. The minimum Gasteiger partial charge on any atom is -0.496 e. The first-order valence-electron chi connectivity index (χ1n) is 8.67. The highest BCUT2D eigenvalue weighted by atomic mass is 19.4. The second-order valence-corrected chi connectivity index (χ2v) is 7.38. The van der Waals surface area contributed by atoms with Crippen molar-refractivity contribution in [2.45, 2.75) is 57.2 Å². The van der Waals surface area contributed by atoms with Gasteiger partial charge in [-0.05, 0) is 56.7 Å². The van der Waals surface area contributed by atoms with Crippen LogP contribution in [-0.2, 0) is 9.59 Å². The number of amides is 1. The number of aryl methyl sites for hydroxylation is 2. The van der Waals surface area contributed by atoms with Crippen LogP contribution in [0, 0.1) is 19.8 Å². The lowest BCUT2D eigenvalue weighted by molar-refractivity contribution is -0.185. The van der Waals surface area contributed by atoms with Crippen LogP contribution in [0.2, 0.25) is 0 Å². The number of hydrogen-bond donors (Lipinski definition) is 1. The summed E-state index contributed by atoms with van der Waals surface area (Å²) in [6.07, 6.45) is -4.51. The van der Waals surface area contributed by atoms with E-state index in [2.05, 4.69) is 5.32 Å². The summed E-state index contributed by atoms with van der Waals surface area (Å²) in [6.45, 7) is 3.69. The van der Waals surface area contributed by atoms with Crippen molar-refractivity contribution in [1.29, 1.82) is 0 Å². The summed E-state index contributed by atoms with van der Waals surface area (Å²) in [7, 11) is 1.47. The third-order valence-corrected chi connectivity index (χ3v) is 5.66. The maximum atomic E-state index is 13.1. The highest BCUT2D eigenvalue weighted by Crippen LogP contribution is 2.47. The number of ketones is 1. The molecule has 0 bridgehead atoms. The molecule has 2 fully saturated rings. The fourth-order valence-electron chi connectivity index (χ4n) is 4.32. The van der Waals surface area contributed by atoms with Gasteiger partial charge in [0.05, 0.1) is 18.6 Å². The van der Waals surface area contributed by atoms with Crippen molar-refractivity contribution in [3.8, 4) is 5.75 Å². The molecule has 0 radical (unpaired) electrons. The number of halogens is 3. The lowest BCUT2D eigenvalue weighted by atomic mass is 9.72. The van der Waals surface area contributed by atoms with Gasteiger partial charge in [0.15, 0.2) is 5.78 Å². The third-order valence-electron chi connectivity index (χ3n) is 5.66. The van der Waals surface area contributed by atoms with Crippen LogP contribution in [0.5, 0.6) is 5.75 Å². The Morgan fingerprint density at radius 2 is 1.77 bits per heavy atom. The summed E-state index contributed by atoms with van der Waals surface area (Å²) in [5, 5.41) is 2.72. The van der Waals surface area contributed by atoms with E-state index in [0.29, 0.717) is 11.3 Å². The van der Waals surface area contributed by atoms with Gasteiger partial charge >= 0.3 is 6.18 Å². The summed E-state index contributed by atoms with van der Waals surface area (Å²) in [6, 6.07) is 3.62. The average Bonchev–Trinajstić information content (AvgIpc) is 2.77. The number of rotatable bonds is 2. The zero-order valence-electron chi connectivity index (χ0n) is 15.0. The summed E-state index contributed by atoms with van der Waals surface area (Å²) >= 11 is 0. The van der Waals surface area contributed by atoms with E-state index in [1.807, 2.05) is 13.0 Å². The molecular formula is C19H22F3NO3. The molecule has 1 saturated carbocycles. The third kappa shape index (κ3) is 2.97.